The predicted octanol–water partition coefficient (Wildman–Crippen LogP) is 2.64. The van der Waals surface area contributed by atoms with Gasteiger partial charge in [-0.2, -0.15) is 0 Å². The lowest BCUT2D eigenvalue weighted by atomic mass is 10.2. The van der Waals surface area contributed by atoms with E-state index in [9.17, 15) is 28.1 Å². The molecule has 0 bridgehead atoms. The number of hydrogen-bond acceptors (Lipinski definition) is 7. The summed E-state index contributed by atoms with van der Waals surface area (Å²) in [5.41, 5.74) is 0.884. The molecular formula is C19H20N2O7S. The van der Waals surface area contributed by atoms with Gasteiger partial charge in [0.1, 0.15) is 0 Å². The summed E-state index contributed by atoms with van der Waals surface area (Å²) in [5.74, 6) is -1.99. The number of nitrogens with one attached hydrogen (secondary N) is 1. The number of nitro benzene ring substituents is 1. The van der Waals surface area contributed by atoms with Crippen molar-refractivity contribution >= 4 is 33.1 Å². The fourth-order valence-electron chi connectivity index (χ4n) is 2.33. The van der Waals surface area contributed by atoms with Gasteiger partial charge in [0.2, 0.25) is 0 Å². The predicted molar refractivity (Wildman–Crippen MR) is 105 cm³/mol. The number of nitro groups is 1. The summed E-state index contributed by atoms with van der Waals surface area (Å²) in [6.45, 7) is 3.15. The number of aryl methyl sites for hydroxylation is 1. The second-order valence-electron chi connectivity index (χ2n) is 6.31. The minimum absolute atomic E-state index is 0.104. The Kier molecular flexibility index (Phi) is 7.05. The van der Waals surface area contributed by atoms with Gasteiger partial charge in [0, 0.05) is 17.8 Å². The van der Waals surface area contributed by atoms with Gasteiger partial charge in [0.05, 0.1) is 22.0 Å². The molecule has 2 aromatic rings. The summed E-state index contributed by atoms with van der Waals surface area (Å²) < 4.78 is 29.5. The molecule has 0 aliphatic heterocycles. The molecule has 0 aliphatic carbocycles. The van der Waals surface area contributed by atoms with Gasteiger partial charge in [-0.3, -0.25) is 19.7 Å². The smallest absolute Gasteiger partial charge is 0.307 e. The van der Waals surface area contributed by atoms with Gasteiger partial charge in [0.25, 0.3) is 11.6 Å². The number of non-ortho nitro benzene ring substituents is 1. The van der Waals surface area contributed by atoms with Crippen LogP contribution in [0.3, 0.4) is 0 Å². The monoisotopic (exact) mass is 420 g/mol. The van der Waals surface area contributed by atoms with Crippen LogP contribution >= 0.6 is 0 Å². The standard InChI is InChI=1S/C19H20N2O7S/c1-13-6-8-17(9-7-13)29(26,27)11-10-18(22)28-14(2)19(23)20-15-4-3-5-16(12-15)21(24)25/h3-9,12,14H,10-11H2,1-2H3,(H,20,23). The highest BCUT2D eigenvalue weighted by Crippen LogP contribution is 2.18. The Labute approximate surface area is 167 Å². The minimum atomic E-state index is -3.65. The Morgan fingerprint density at radius 3 is 2.45 bits per heavy atom. The first kappa shape index (κ1) is 22.0. The normalized spacial score (nSPS) is 12.1. The molecule has 29 heavy (non-hydrogen) atoms. The third-order valence-corrected chi connectivity index (χ3v) is 5.69. The molecule has 1 atom stereocenters. The zero-order chi connectivity index (χ0) is 21.6. The number of anilines is 1. The van der Waals surface area contributed by atoms with Crippen LogP contribution in [0.25, 0.3) is 0 Å². The van der Waals surface area contributed by atoms with E-state index in [1.165, 1.54) is 43.3 Å². The van der Waals surface area contributed by atoms with Crippen LogP contribution in [0.15, 0.2) is 53.4 Å². The van der Waals surface area contributed by atoms with Crippen LogP contribution in [-0.2, 0) is 24.2 Å². The second-order valence-corrected chi connectivity index (χ2v) is 8.42. The number of carbonyl (C=O) groups is 2. The molecule has 2 rings (SSSR count). The van der Waals surface area contributed by atoms with Gasteiger partial charge in [-0.1, -0.05) is 23.8 Å². The van der Waals surface area contributed by atoms with E-state index in [1.54, 1.807) is 12.1 Å². The third-order valence-electron chi connectivity index (χ3n) is 3.96. The molecule has 154 valence electrons. The molecule has 1 N–H and O–H groups in total. The number of nitrogens with zero attached hydrogens (tertiary/aromatic N) is 1. The maximum Gasteiger partial charge on any atom is 0.307 e. The highest BCUT2D eigenvalue weighted by molar-refractivity contribution is 7.91. The molecule has 1 amide bonds. The lowest BCUT2D eigenvalue weighted by molar-refractivity contribution is -0.384. The van der Waals surface area contributed by atoms with Crippen molar-refractivity contribution in [1.82, 2.24) is 0 Å². The van der Waals surface area contributed by atoms with E-state index in [0.717, 1.165) is 5.56 Å². The minimum Gasteiger partial charge on any atom is -0.453 e. The van der Waals surface area contributed by atoms with Crippen molar-refractivity contribution in [2.75, 3.05) is 11.1 Å². The van der Waals surface area contributed by atoms with Gasteiger partial charge in [-0.05, 0) is 32.0 Å². The third kappa shape index (κ3) is 6.39. The summed E-state index contributed by atoms with van der Waals surface area (Å²) >= 11 is 0. The number of rotatable bonds is 8. The highest BCUT2D eigenvalue weighted by atomic mass is 32.2. The first-order chi connectivity index (χ1) is 13.6. The summed E-state index contributed by atoms with van der Waals surface area (Å²) in [5, 5.41) is 13.2. The average Bonchev–Trinajstić information content (AvgIpc) is 2.67. The number of benzene rings is 2. The molecule has 0 spiro atoms. The quantitative estimate of drug-likeness (QED) is 0.394. The van der Waals surface area contributed by atoms with Crippen LogP contribution in [0, 0.1) is 17.0 Å². The molecule has 9 nitrogen and oxygen atoms in total. The van der Waals surface area contributed by atoms with E-state index in [4.69, 9.17) is 4.74 Å². The maximum atomic E-state index is 12.3. The molecule has 0 aromatic heterocycles. The average molecular weight is 420 g/mol. The summed E-state index contributed by atoms with van der Waals surface area (Å²) in [6.07, 6.45) is -1.62. The van der Waals surface area contributed by atoms with Gasteiger partial charge in [-0.15, -0.1) is 0 Å². The lowest BCUT2D eigenvalue weighted by Crippen LogP contribution is -2.30. The summed E-state index contributed by atoms with van der Waals surface area (Å²) in [6, 6.07) is 11.5. The van der Waals surface area contributed by atoms with E-state index >= 15 is 0 Å². The summed E-state index contributed by atoms with van der Waals surface area (Å²) in [4.78, 5) is 34.3. The van der Waals surface area contributed by atoms with Crippen LogP contribution < -0.4 is 5.32 Å². The van der Waals surface area contributed by atoms with Crippen LogP contribution in [0.1, 0.15) is 18.9 Å². The Morgan fingerprint density at radius 1 is 1.17 bits per heavy atom. The van der Waals surface area contributed by atoms with Gasteiger partial charge in [-0.25, -0.2) is 8.42 Å². The molecule has 2 aromatic carbocycles. The van der Waals surface area contributed by atoms with Crippen LogP contribution in [0.4, 0.5) is 11.4 Å². The summed E-state index contributed by atoms with van der Waals surface area (Å²) in [7, 11) is -3.65. The second kappa shape index (κ2) is 9.28. The van der Waals surface area contributed by atoms with Crippen molar-refractivity contribution in [3.05, 3.63) is 64.2 Å². The number of ether oxygens (including phenoxy) is 1. The fourth-order valence-corrected chi connectivity index (χ4v) is 3.55. The van der Waals surface area contributed by atoms with Crippen molar-refractivity contribution in [2.24, 2.45) is 0 Å². The number of esters is 1. The lowest BCUT2D eigenvalue weighted by Gasteiger charge is -2.13. The Hall–Kier alpha value is -3.27. The molecule has 10 heteroatoms. The van der Waals surface area contributed by atoms with E-state index in [-0.39, 0.29) is 16.3 Å². The fraction of sp³-hybridized carbons (Fsp3) is 0.263. The van der Waals surface area contributed by atoms with E-state index < -0.39 is 44.9 Å². The Morgan fingerprint density at radius 2 is 1.83 bits per heavy atom. The number of carbonyl (C=O) groups excluding carboxylic acids is 2. The number of sulfone groups is 1. The van der Waals surface area contributed by atoms with Crippen molar-refractivity contribution < 1.29 is 27.7 Å². The number of amides is 1. The van der Waals surface area contributed by atoms with Crippen LogP contribution in [-0.4, -0.2) is 37.1 Å². The van der Waals surface area contributed by atoms with E-state index in [1.807, 2.05) is 6.92 Å². The zero-order valence-corrected chi connectivity index (χ0v) is 16.6. The molecule has 0 heterocycles. The SMILES string of the molecule is Cc1ccc(S(=O)(=O)CCC(=O)OC(C)C(=O)Nc2cccc([N+](=O)[O-])c2)cc1. The van der Waals surface area contributed by atoms with E-state index in [0.29, 0.717) is 0 Å². The van der Waals surface area contributed by atoms with Crippen molar-refractivity contribution in [3.8, 4) is 0 Å². The molecule has 0 fully saturated rings. The van der Waals surface area contributed by atoms with Crippen molar-refractivity contribution in [2.45, 2.75) is 31.3 Å². The van der Waals surface area contributed by atoms with Crippen molar-refractivity contribution in [3.63, 3.8) is 0 Å². The Balaban J connectivity index is 1.89. The first-order valence-corrected chi connectivity index (χ1v) is 10.3. The van der Waals surface area contributed by atoms with E-state index in [2.05, 4.69) is 5.32 Å². The largest absolute Gasteiger partial charge is 0.453 e. The van der Waals surface area contributed by atoms with Crippen molar-refractivity contribution in [1.29, 1.82) is 0 Å². The molecule has 0 radical (unpaired) electrons. The molecule has 0 saturated carbocycles. The molecular weight excluding hydrogens is 400 g/mol. The van der Waals surface area contributed by atoms with Gasteiger partial charge in [0.15, 0.2) is 15.9 Å². The van der Waals surface area contributed by atoms with Crippen LogP contribution in [0.2, 0.25) is 0 Å². The number of hydrogen-bond donors (Lipinski definition) is 1. The topological polar surface area (TPSA) is 133 Å². The Bertz CT molecular complexity index is 1020. The zero-order valence-electron chi connectivity index (χ0n) is 15.8. The maximum absolute atomic E-state index is 12.3. The molecule has 1 unspecified atom stereocenters. The first-order valence-electron chi connectivity index (χ1n) is 8.63. The molecule has 0 aliphatic rings. The van der Waals surface area contributed by atoms with Crippen LogP contribution in [0.5, 0.6) is 0 Å². The van der Waals surface area contributed by atoms with Gasteiger partial charge >= 0.3 is 5.97 Å². The molecule has 0 saturated heterocycles. The highest BCUT2D eigenvalue weighted by Gasteiger charge is 2.21. The van der Waals surface area contributed by atoms with Gasteiger partial charge < -0.3 is 10.1 Å².